The third-order valence-corrected chi connectivity index (χ3v) is 3.32. The normalized spacial score (nSPS) is 22.7. The van der Waals surface area contributed by atoms with E-state index in [1.807, 2.05) is 0 Å². The minimum Gasteiger partial charge on any atom is -0.463 e. The number of carbonyl (C=O) groups excluding carboxylic acids is 1. The molecule has 0 aromatic carbocycles. The summed E-state index contributed by atoms with van der Waals surface area (Å²) in [5.74, 6) is -0.170. The zero-order valence-corrected chi connectivity index (χ0v) is 12.3. The molecule has 0 bridgehead atoms. The van der Waals surface area contributed by atoms with Crippen LogP contribution in [0.2, 0.25) is 0 Å². The third kappa shape index (κ3) is 7.79. The van der Waals surface area contributed by atoms with Gasteiger partial charge in [0, 0.05) is 13.2 Å². The van der Waals surface area contributed by atoms with Crippen LogP contribution in [0.15, 0.2) is 0 Å². The quantitative estimate of drug-likeness (QED) is 0.472. The van der Waals surface area contributed by atoms with Crippen LogP contribution in [0.4, 0.5) is 0 Å². The lowest BCUT2D eigenvalue weighted by molar-refractivity contribution is -0.151. The van der Waals surface area contributed by atoms with Crippen molar-refractivity contribution in [2.24, 2.45) is 11.7 Å². The van der Waals surface area contributed by atoms with Crippen LogP contribution in [0.25, 0.3) is 0 Å². The molecule has 1 fully saturated rings. The molecular weight excluding hydrogens is 262 g/mol. The highest BCUT2D eigenvalue weighted by atomic mass is 16.6. The molecule has 6 heteroatoms. The van der Waals surface area contributed by atoms with E-state index in [4.69, 9.17) is 24.7 Å². The Balaban J connectivity index is 1.91. The number of ether oxygens (including phenoxy) is 4. The summed E-state index contributed by atoms with van der Waals surface area (Å²) in [6.45, 7) is 2.86. The molecule has 1 aliphatic rings. The first kappa shape index (κ1) is 17.4. The van der Waals surface area contributed by atoms with Gasteiger partial charge in [-0.25, -0.2) is 0 Å². The number of carbonyl (C=O) groups is 1. The average Bonchev–Trinajstić information content (AvgIpc) is 2.45. The maximum absolute atomic E-state index is 11.8. The fourth-order valence-corrected chi connectivity index (χ4v) is 2.22. The second-order valence-corrected chi connectivity index (χ2v) is 5.01. The zero-order valence-electron chi connectivity index (χ0n) is 12.3. The first-order valence-corrected chi connectivity index (χ1v) is 7.30. The lowest BCUT2D eigenvalue weighted by Crippen LogP contribution is -2.32. The largest absolute Gasteiger partial charge is 0.463 e. The monoisotopic (exact) mass is 289 g/mol. The highest BCUT2D eigenvalue weighted by Gasteiger charge is 2.26. The zero-order chi connectivity index (χ0) is 14.6. The Labute approximate surface area is 120 Å². The summed E-state index contributed by atoms with van der Waals surface area (Å²) in [5, 5.41) is 0. The molecule has 0 aromatic rings. The Hall–Kier alpha value is -0.690. The Kier molecular flexibility index (Phi) is 9.57. The van der Waals surface area contributed by atoms with Gasteiger partial charge in [-0.05, 0) is 19.3 Å². The van der Waals surface area contributed by atoms with E-state index < -0.39 is 0 Å². The molecule has 0 heterocycles. The number of nitrogens with two attached hydrogens (primary N) is 1. The van der Waals surface area contributed by atoms with Crippen molar-refractivity contribution in [1.29, 1.82) is 0 Å². The van der Waals surface area contributed by atoms with Crippen LogP contribution in [-0.4, -0.2) is 58.8 Å². The van der Waals surface area contributed by atoms with Crippen molar-refractivity contribution in [2.75, 3.05) is 46.8 Å². The van der Waals surface area contributed by atoms with Gasteiger partial charge in [-0.1, -0.05) is 6.42 Å². The van der Waals surface area contributed by atoms with Crippen LogP contribution in [0, 0.1) is 5.92 Å². The predicted octanol–water partition coefficient (Wildman–Crippen LogP) is 0.727. The van der Waals surface area contributed by atoms with Gasteiger partial charge in [-0.2, -0.15) is 0 Å². The van der Waals surface area contributed by atoms with Gasteiger partial charge in [0.05, 0.1) is 39.0 Å². The number of esters is 1. The summed E-state index contributed by atoms with van der Waals surface area (Å²) in [4.78, 5) is 11.8. The topological polar surface area (TPSA) is 80.0 Å². The molecule has 1 saturated carbocycles. The summed E-state index contributed by atoms with van der Waals surface area (Å²) >= 11 is 0. The van der Waals surface area contributed by atoms with Crippen LogP contribution in [-0.2, 0) is 23.7 Å². The second kappa shape index (κ2) is 11.0. The van der Waals surface area contributed by atoms with E-state index in [0.29, 0.717) is 39.6 Å². The maximum atomic E-state index is 11.8. The molecule has 118 valence electrons. The number of hydrogen-bond donors (Lipinski definition) is 1. The number of hydrogen-bond acceptors (Lipinski definition) is 6. The Morgan fingerprint density at radius 3 is 2.35 bits per heavy atom. The molecule has 0 amide bonds. The van der Waals surface area contributed by atoms with Gasteiger partial charge >= 0.3 is 5.97 Å². The fourth-order valence-electron chi connectivity index (χ4n) is 2.22. The van der Waals surface area contributed by atoms with E-state index in [-0.39, 0.29) is 17.9 Å². The first-order chi connectivity index (χ1) is 9.74. The first-order valence-electron chi connectivity index (χ1n) is 7.30. The lowest BCUT2D eigenvalue weighted by atomic mass is 9.86. The Bertz CT molecular complexity index is 262. The van der Waals surface area contributed by atoms with Gasteiger partial charge < -0.3 is 24.7 Å². The second-order valence-electron chi connectivity index (χ2n) is 5.01. The number of methoxy groups -OCH3 is 1. The molecule has 6 nitrogen and oxygen atoms in total. The van der Waals surface area contributed by atoms with E-state index >= 15 is 0 Å². The van der Waals surface area contributed by atoms with Crippen molar-refractivity contribution in [3.05, 3.63) is 0 Å². The van der Waals surface area contributed by atoms with Crippen molar-refractivity contribution < 1.29 is 23.7 Å². The van der Waals surface area contributed by atoms with Crippen molar-refractivity contribution in [2.45, 2.75) is 31.7 Å². The summed E-state index contributed by atoms with van der Waals surface area (Å²) in [6.07, 6.45) is 3.65. The van der Waals surface area contributed by atoms with Crippen molar-refractivity contribution >= 4 is 5.97 Å². The molecule has 0 aromatic heterocycles. The van der Waals surface area contributed by atoms with Crippen molar-refractivity contribution in [3.8, 4) is 0 Å². The summed E-state index contributed by atoms with van der Waals surface area (Å²) in [5.41, 5.74) is 5.85. The summed E-state index contributed by atoms with van der Waals surface area (Å²) < 4.78 is 20.6. The molecule has 20 heavy (non-hydrogen) atoms. The molecular formula is C14H27NO5. The van der Waals surface area contributed by atoms with Gasteiger partial charge in [0.25, 0.3) is 0 Å². The van der Waals surface area contributed by atoms with E-state index in [1.165, 1.54) is 0 Å². The third-order valence-electron chi connectivity index (χ3n) is 3.32. The lowest BCUT2D eigenvalue weighted by Gasteiger charge is -2.24. The van der Waals surface area contributed by atoms with Gasteiger partial charge in [-0.15, -0.1) is 0 Å². The van der Waals surface area contributed by atoms with E-state index in [9.17, 15) is 4.79 Å². The van der Waals surface area contributed by atoms with Gasteiger partial charge in [0.1, 0.15) is 6.61 Å². The molecule has 2 atom stereocenters. The summed E-state index contributed by atoms with van der Waals surface area (Å²) in [6, 6.07) is 0.141. The summed E-state index contributed by atoms with van der Waals surface area (Å²) in [7, 11) is 1.63. The van der Waals surface area contributed by atoms with Gasteiger partial charge in [0.2, 0.25) is 0 Å². The van der Waals surface area contributed by atoms with Gasteiger partial charge in [0.15, 0.2) is 0 Å². The number of rotatable bonds is 10. The minimum absolute atomic E-state index is 0.0314. The molecule has 2 N–H and O–H groups in total. The fraction of sp³-hybridized carbons (Fsp3) is 0.929. The molecule has 0 radical (unpaired) electrons. The van der Waals surface area contributed by atoms with Crippen molar-refractivity contribution in [3.63, 3.8) is 0 Å². The SMILES string of the molecule is COCCOCCOCCOC(=O)C1CCCC(N)C1. The van der Waals surface area contributed by atoms with Crippen LogP contribution in [0.3, 0.4) is 0 Å². The van der Waals surface area contributed by atoms with E-state index in [0.717, 1.165) is 25.7 Å². The molecule has 0 spiro atoms. The van der Waals surface area contributed by atoms with Crippen LogP contribution < -0.4 is 5.73 Å². The van der Waals surface area contributed by atoms with Crippen LogP contribution in [0.1, 0.15) is 25.7 Å². The predicted molar refractivity (Wildman–Crippen MR) is 74.4 cm³/mol. The highest BCUT2D eigenvalue weighted by Crippen LogP contribution is 2.23. The van der Waals surface area contributed by atoms with Crippen molar-refractivity contribution in [1.82, 2.24) is 0 Å². The maximum Gasteiger partial charge on any atom is 0.309 e. The van der Waals surface area contributed by atoms with E-state index in [1.54, 1.807) is 7.11 Å². The smallest absolute Gasteiger partial charge is 0.309 e. The highest BCUT2D eigenvalue weighted by molar-refractivity contribution is 5.72. The molecule has 2 unspecified atom stereocenters. The van der Waals surface area contributed by atoms with Crippen LogP contribution >= 0.6 is 0 Å². The van der Waals surface area contributed by atoms with E-state index in [2.05, 4.69) is 0 Å². The van der Waals surface area contributed by atoms with Crippen LogP contribution in [0.5, 0.6) is 0 Å². The molecule has 0 saturated heterocycles. The molecule has 1 rings (SSSR count). The standard InChI is InChI=1S/C14H27NO5/c1-17-5-6-18-7-8-19-9-10-20-14(16)12-3-2-4-13(15)11-12/h12-13H,2-11,15H2,1H3. The minimum atomic E-state index is -0.139. The van der Waals surface area contributed by atoms with Gasteiger partial charge in [-0.3, -0.25) is 4.79 Å². The Morgan fingerprint density at radius 1 is 1.05 bits per heavy atom. The molecule has 0 aliphatic heterocycles. The molecule has 1 aliphatic carbocycles. The average molecular weight is 289 g/mol. The Morgan fingerprint density at radius 2 is 1.70 bits per heavy atom.